The second-order valence-electron chi connectivity index (χ2n) is 5.89. The van der Waals surface area contributed by atoms with Gasteiger partial charge in [-0.1, -0.05) is 18.2 Å². The third-order valence-electron chi connectivity index (χ3n) is 3.73. The highest BCUT2D eigenvalue weighted by atomic mass is 16.2. The molecule has 0 spiro atoms. The van der Waals surface area contributed by atoms with Crippen molar-refractivity contribution >= 4 is 11.6 Å². The lowest BCUT2D eigenvalue weighted by atomic mass is 9.71. The van der Waals surface area contributed by atoms with Crippen molar-refractivity contribution in [3.8, 4) is 6.07 Å². The molecule has 1 aliphatic heterocycles. The van der Waals surface area contributed by atoms with Crippen LogP contribution in [0.3, 0.4) is 0 Å². The van der Waals surface area contributed by atoms with Crippen LogP contribution in [-0.4, -0.2) is 13.0 Å². The van der Waals surface area contributed by atoms with Crippen molar-refractivity contribution in [1.29, 1.82) is 5.26 Å². The fraction of sp³-hybridized carbons (Fsp3) is 0.467. The number of nitrogens with zero attached hydrogens (tertiary/aromatic N) is 2. The van der Waals surface area contributed by atoms with Crippen molar-refractivity contribution in [2.75, 3.05) is 11.9 Å². The van der Waals surface area contributed by atoms with Crippen LogP contribution in [0.15, 0.2) is 24.3 Å². The van der Waals surface area contributed by atoms with Gasteiger partial charge in [0.15, 0.2) is 0 Å². The normalized spacial score (nSPS) is 22.8. The second-order valence-corrected chi connectivity index (χ2v) is 5.89. The molecule has 1 aromatic rings. The summed E-state index contributed by atoms with van der Waals surface area (Å²) in [6, 6.07) is 10.1. The standard InChI is InChI=1S/C15H18N2O/c1-14(2,10-16)9-15(3)11-7-5-6-8-12(11)17(4)13(15)18/h5-8H,9H2,1-4H3/t15-/m0/s1. The first kappa shape index (κ1) is 12.6. The highest BCUT2D eigenvalue weighted by molar-refractivity contribution is 6.07. The number of hydrogen-bond donors (Lipinski definition) is 0. The summed E-state index contributed by atoms with van der Waals surface area (Å²) < 4.78 is 0. The molecule has 2 rings (SSSR count). The molecule has 0 fully saturated rings. The van der Waals surface area contributed by atoms with Crippen molar-refractivity contribution in [3.05, 3.63) is 29.8 Å². The monoisotopic (exact) mass is 242 g/mol. The molecule has 1 atom stereocenters. The van der Waals surface area contributed by atoms with Crippen molar-refractivity contribution in [2.45, 2.75) is 32.6 Å². The highest BCUT2D eigenvalue weighted by Gasteiger charge is 2.48. The first-order valence-electron chi connectivity index (χ1n) is 6.11. The Hall–Kier alpha value is -1.82. The Morgan fingerprint density at radius 2 is 2.00 bits per heavy atom. The number of carbonyl (C=O) groups excluding carboxylic acids is 1. The Kier molecular flexibility index (Phi) is 2.70. The zero-order valence-electron chi connectivity index (χ0n) is 11.3. The number of amides is 1. The Labute approximate surface area is 108 Å². The topological polar surface area (TPSA) is 44.1 Å². The summed E-state index contributed by atoms with van der Waals surface area (Å²) in [5.41, 5.74) is 0.882. The van der Waals surface area contributed by atoms with E-state index in [9.17, 15) is 10.1 Å². The zero-order valence-corrected chi connectivity index (χ0v) is 11.3. The van der Waals surface area contributed by atoms with Crippen LogP contribution in [0, 0.1) is 16.7 Å². The molecule has 0 bridgehead atoms. The van der Waals surface area contributed by atoms with Crippen LogP contribution in [0.5, 0.6) is 0 Å². The Morgan fingerprint density at radius 1 is 1.39 bits per heavy atom. The Morgan fingerprint density at radius 3 is 2.61 bits per heavy atom. The number of likely N-dealkylation sites (N-methyl/N-ethyl adjacent to an activating group) is 1. The first-order valence-corrected chi connectivity index (χ1v) is 6.11. The average molecular weight is 242 g/mol. The van der Waals surface area contributed by atoms with Gasteiger partial charge >= 0.3 is 0 Å². The van der Waals surface area contributed by atoms with E-state index in [0.717, 1.165) is 11.3 Å². The van der Waals surface area contributed by atoms with Gasteiger partial charge in [-0.3, -0.25) is 4.79 Å². The van der Waals surface area contributed by atoms with E-state index in [1.807, 2.05) is 45.0 Å². The number of carbonyl (C=O) groups is 1. The highest BCUT2D eigenvalue weighted by Crippen LogP contribution is 2.46. The molecule has 1 amide bonds. The van der Waals surface area contributed by atoms with Crippen molar-refractivity contribution in [2.24, 2.45) is 5.41 Å². The van der Waals surface area contributed by atoms with Crippen molar-refractivity contribution < 1.29 is 4.79 Å². The van der Waals surface area contributed by atoms with Gasteiger partial charge in [-0.15, -0.1) is 0 Å². The summed E-state index contributed by atoms with van der Waals surface area (Å²) in [6.45, 7) is 5.70. The van der Waals surface area contributed by atoms with E-state index in [1.54, 1.807) is 11.9 Å². The fourth-order valence-corrected chi connectivity index (χ4v) is 2.92. The van der Waals surface area contributed by atoms with E-state index >= 15 is 0 Å². The predicted octanol–water partition coefficient (Wildman–Crippen LogP) is 2.86. The van der Waals surface area contributed by atoms with Gasteiger partial charge in [-0.05, 0) is 38.8 Å². The van der Waals surface area contributed by atoms with Crippen LogP contribution in [-0.2, 0) is 10.2 Å². The molecule has 0 N–H and O–H groups in total. The number of fused-ring (bicyclic) bond motifs is 1. The SMILES string of the molecule is CN1C(=O)[C@@](C)(CC(C)(C)C#N)c2ccccc21. The Balaban J connectivity index is 2.52. The van der Waals surface area contributed by atoms with Gasteiger partial charge in [-0.25, -0.2) is 0 Å². The molecular weight excluding hydrogens is 224 g/mol. The molecule has 18 heavy (non-hydrogen) atoms. The Bertz CT molecular complexity index is 542. The summed E-state index contributed by atoms with van der Waals surface area (Å²) in [4.78, 5) is 14.2. The molecule has 3 heteroatoms. The van der Waals surface area contributed by atoms with Gasteiger partial charge in [0.2, 0.25) is 5.91 Å². The number of benzene rings is 1. The van der Waals surface area contributed by atoms with Crippen LogP contribution in [0.1, 0.15) is 32.8 Å². The molecule has 1 aliphatic rings. The van der Waals surface area contributed by atoms with E-state index < -0.39 is 10.8 Å². The van der Waals surface area contributed by atoms with E-state index in [-0.39, 0.29) is 5.91 Å². The third-order valence-corrected chi connectivity index (χ3v) is 3.73. The largest absolute Gasteiger partial charge is 0.314 e. The van der Waals surface area contributed by atoms with E-state index in [2.05, 4.69) is 6.07 Å². The minimum absolute atomic E-state index is 0.0759. The molecule has 0 aromatic heterocycles. The molecule has 3 nitrogen and oxygen atoms in total. The smallest absolute Gasteiger partial charge is 0.237 e. The number of hydrogen-bond acceptors (Lipinski definition) is 2. The molecule has 0 saturated heterocycles. The maximum Gasteiger partial charge on any atom is 0.237 e. The lowest BCUT2D eigenvalue weighted by Gasteiger charge is -2.29. The maximum atomic E-state index is 12.5. The quantitative estimate of drug-likeness (QED) is 0.800. The summed E-state index contributed by atoms with van der Waals surface area (Å²) in [5, 5.41) is 9.19. The number of nitriles is 1. The average Bonchev–Trinajstić information content (AvgIpc) is 2.52. The van der Waals surface area contributed by atoms with Crippen LogP contribution in [0.4, 0.5) is 5.69 Å². The van der Waals surface area contributed by atoms with Crippen LogP contribution in [0.25, 0.3) is 0 Å². The van der Waals surface area contributed by atoms with Crippen molar-refractivity contribution in [1.82, 2.24) is 0 Å². The van der Waals surface area contributed by atoms with E-state index in [0.29, 0.717) is 6.42 Å². The number of para-hydroxylation sites is 1. The van der Waals surface area contributed by atoms with Gasteiger partial charge in [0.05, 0.1) is 16.9 Å². The molecule has 0 radical (unpaired) electrons. The van der Waals surface area contributed by atoms with Crippen LogP contribution >= 0.6 is 0 Å². The fourth-order valence-electron chi connectivity index (χ4n) is 2.92. The predicted molar refractivity (Wildman–Crippen MR) is 71.2 cm³/mol. The first-order chi connectivity index (χ1) is 8.32. The van der Waals surface area contributed by atoms with Crippen molar-refractivity contribution in [3.63, 3.8) is 0 Å². The second kappa shape index (κ2) is 3.84. The number of rotatable bonds is 2. The molecule has 1 aromatic carbocycles. The lowest BCUT2D eigenvalue weighted by molar-refractivity contribution is -0.123. The zero-order chi connectivity index (χ0) is 13.6. The van der Waals surface area contributed by atoms with Gasteiger partial charge < -0.3 is 4.90 Å². The molecule has 0 saturated carbocycles. The molecule has 0 aliphatic carbocycles. The maximum absolute atomic E-state index is 12.5. The van der Waals surface area contributed by atoms with Gasteiger partial charge in [0.1, 0.15) is 0 Å². The van der Waals surface area contributed by atoms with E-state index in [1.165, 1.54) is 0 Å². The molecule has 1 heterocycles. The summed E-state index contributed by atoms with van der Waals surface area (Å²) in [6.07, 6.45) is 0.538. The minimum atomic E-state index is -0.593. The summed E-state index contributed by atoms with van der Waals surface area (Å²) in [7, 11) is 1.80. The van der Waals surface area contributed by atoms with Gasteiger partial charge in [0.25, 0.3) is 0 Å². The van der Waals surface area contributed by atoms with Crippen LogP contribution < -0.4 is 4.90 Å². The summed E-state index contributed by atoms with van der Waals surface area (Å²) in [5.74, 6) is 0.0759. The van der Waals surface area contributed by atoms with Gasteiger partial charge in [-0.2, -0.15) is 5.26 Å². The molecule has 0 unspecified atom stereocenters. The van der Waals surface area contributed by atoms with Gasteiger partial charge in [0, 0.05) is 12.7 Å². The minimum Gasteiger partial charge on any atom is -0.314 e. The molecule has 94 valence electrons. The third kappa shape index (κ3) is 1.69. The lowest BCUT2D eigenvalue weighted by Crippen LogP contribution is -2.39. The summed E-state index contributed by atoms with van der Waals surface area (Å²) >= 11 is 0. The number of anilines is 1. The van der Waals surface area contributed by atoms with Crippen LogP contribution in [0.2, 0.25) is 0 Å². The molecular formula is C15H18N2O. The van der Waals surface area contributed by atoms with E-state index in [4.69, 9.17) is 0 Å².